The highest BCUT2D eigenvalue weighted by molar-refractivity contribution is 5.96. The van der Waals surface area contributed by atoms with Gasteiger partial charge in [-0.2, -0.15) is 0 Å². The van der Waals surface area contributed by atoms with E-state index < -0.39 is 17.9 Å². The van der Waals surface area contributed by atoms with Crippen molar-refractivity contribution >= 4 is 11.9 Å². The fourth-order valence-electron chi connectivity index (χ4n) is 2.80. The van der Waals surface area contributed by atoms with E-state index in [1.807, 2.05) is 20.8 Å². The lowest BCUT2D eigenvalue weighted by Gasteiger charge is -2.21. The lowest BCUT2D eigenvalue weighted by Crippen LogP contribution is -2.41. The summed E-state index contributed by atoms with van der Waals surface area (Å²) in [5.74, 6) is -0.690. The first-order valence-corrected chi connectivity index (χ1v) is 8.29. The molecule has 2 N–H and O–H groups in total. The van der Waals surface area contributed by atoms with Crippen molar-refractivity contribution in [2.45, 2.75) is 71.8 Å². The third kappa shape index (κ3) is 4.81. The smallest absolute Gasteiger partial charge is 0.326 e. The number of nitrogens with one attached hydrogen (secondary N) is 1. The molecule has 1 aromatic heterocycles. The van der Waals surface area contributed by atoms with Gasteiger partial charge in [0, 0.05) is 12.0 Å². The van der Waals surface area contributed by atoms with E-state index in [1.165, 1.54) is 0 Å². The van der Waals surface area contributed by atoms with Crippen molar-refractivity contribution < 1.29 is 19.2 Å². The molecule has 1 heterocycles. The zero-order chi connectivity index (χ0) is 17.0. The second-order valence-electron chi connectivity index (χ2n) is 7.46. The molecular formula is C17H26N2O4. The minimum Gasteiger partial charge on any atom is -0.480 e. The molecule has 0 aliphatic heterocycles. The summed E-state index contributed by atoms with van der Waals surface area (Å²) in [5.41, 5.74) is 1.12. The predicted molar refractivity (Wildman–Crippen MR) is 85.3 cm³/mol. The average Bonchev–Trinajstić information content (AvgIpc) is 2.71. The van der Waals surface area contributed by atoms with E-state index in [0.717, 1.165) is 43.4 Å². The molecular weight excluding hydrogens is 296 g/mol. The number of amides is 1. The van der Waals surface area contributed by atoms with Gasteiger partial charge in [-0.3, -0.25) is 4.79 Å². The van der Waals surface area contributed by atoms with Gasteiger partial charge in [-0.1, -0.05) is 32.3 Å². The van der Waals surface area contributed by atoms with E-state index in [-0.39, 0.29) is 11.1 Å². The van der Waals surface area contributed by atoms with Gasteiger partial charge in [0.25, 0.3) is 5.91 Å². The summed E-state index contributed by atoms with van der Waals surface area (Å²) < 4.78 is 5.29. The monoisotopic (exact) mass is 322 g/mol. The second kappa shape index (κ2) is 7.15. The van der Waals surface area contributed by atoms with E-state index in [9.17, 15) is 14.7 Å². The fraction of sp³-hybridized carbons (Fsp3) is 0.706. The maximum Gasteiger partial charge on any atom is 0.326 e. The Morgan fingerprint density at radius 1 is 1.26 bits per heavy atom. The van der Waals surface area contributed by atoms with Gasteiger partial charge >= 0.3 is 5.97 Å². The van der Waals surface area contributed by atoms with Crippen LogP contribution in [0.25, 0.3) is 0 Å². The maximum absolute atomic E-state index is 12.4. The summed E-state index contributed by atoms with van der Waals surface area (Å²) in [6, 6.07) is -0.903. The van der Waals surface area contributed by atoms with Crippen molar-refractivity contribution in [3.63, 3.8) is 0 Å². The summed E-state index contributed by atoms with van der Waals surface area (Å²) in [6.45, 7) is 6.14. The molecule has 1 aromatic rings. The first kappa shape index (κ1) is 17.5. The molecule has 1 aliphatic rings. The van der Waals surface area contributed by atoms with E-state index in [0.29, 0.717) is 12.8 Å². The molecule has 1 amide bonds. The standard InChI is InChI=1S/C17H26N2O4/c1-17(2,3)10-9-12(16(21)22)18-15(20)14-11-7-5-4-6-8-13(11)23-19-14/h12H,4-10H2,1-3H3,(H,18,20)(H,21,22). The predicted octanol–water partition coefficient (Wildman–Crippen LogP) is 2.95. The Morgan fingerprint density at radius 3 is 2.61 bits per heavy atom. The number of aromatic nitrogens is 1. The normalized spacial score (nSPS) is 16.3. The summed E-state index contributed by atoms with van der Waals surface area (Å²) in [7, 11) is 0. The van der Waals surface area contributed by atoms with Crippen molar-refractivity contribution in [2.24, 2.45) is 5.41 Å². The Balaban J connectivity index is 2.07. The highest BCUT2D eigenvalue weighted by Crippen LogP contribution is 2.24. The lowest BCUT2D eigenvalue weighted by molar-refractivity contribution is -0.139. The number of rotatable bonds is 5. The molecule has 1 unspecified atom stereocenters. The van der Waals surface area contributed by atoms with Crippen molar-refractivity contribution in [3.05, 3.63) is 17.0 Å². The molecule has 1 atom stereocenters. The highest BCUT2D eigenvalue weighted by atomic mass is 16.5. The SMILES string of the molecule is CC(C)(C)CCC(NC(=O)c1noc2c1CCCCC2)C(=O)O. The third-order valence-corrected chi connectivity index (χ3v) is 4.20. The van der Waals surface area contributed by atoms with Gasteiger partial charge in [-0.05, 0) is 37.5 Å². The Kier molecular flexibility index (Phi) is 5.44. The van der Waals surface area contributed by atoms with Gasteiger partial charge in [0.05, 0.1) is 0 Å². The Hall–Kier alpha value is -1.85. The van der Waals surface area contributed by atoms with Crippen LogP contribution in [0, 0.1) is 5.41 Å². The fourth-order valence-corrected chi connectivity index (χ4v) is 2.80. The number of carbonyl (C=O) groups excluding carboxylic acids is 1. The van der Waals surface area contributed by atoms with Crippen LogP contribution in [-0.4, -0.2) is 28.2 Å². The minimum atomic E-state index is -1.02. The van der Waals surface area contributed by atoms with Crippen LogP contribution in [0.2, 0.25) is 0 Å². The highest BCUT2D eigenvalue weighted by Gasteiger charge is 2.28. The van der Waals surface area contributed by atoms with Crippen LogP contribution in [0.3, 0.4) is 0 Å². The molecule has 0 bridgehead atoms. The summed E-state index contributed by atoms with van der Waals surface area (Å²) in [6.07, 6.45) is 5.80. The van der Waals surface area contributed by atoms with Gasteiger partial charge in [-0.15, -0.1) is 0 Å². The van der Waals surface area contributed by atoms with E-state index >= 15 is 0 Å². The van der Waals surface area contributed by atoms with Gasteiger partial charge in [0.2, 0.25) is 0 Å². The zero-order valence-corrected chi connectivity index (χ0v) is 14.1. The molecule has 0 fully saturated rings. The maximum atomic E-state index is 12.4. The van der Waals surface area contributed by atoms with E-state index in [4.69, 9.17) is 4.52 Å². The molecule has 0 aromatic carbocycles. The summed E-state index contributed by atoms with van der Waals surface area (Å²) in [4.78, 5) is 23.8. The number of fused-ring (bicyclic) bond motifs is 1. The van der Waals surface area contributed by atoms with Crippen LogP contribution in [0.15, 0.2) is 4.52 Å². The van der Waals surface area contributed by atoms with Crippen LogP contribution < -0.4 is 5.32 Å². The molecule has 0 saturated heterocycles. The Morgan fingerprint density at radius 2 is 1.96 bits per heavy atom. The molecule has 0 saturated carbocycles. The number of hydrogen-bond acceptors (Lipinski definition) is 4. The summed E-state index contributed by atoms with van der Waals surface area (Å²) >= 11 is 0. The van der Waals surface area contributed by atoms with E-state index in [1.54, 1.807) is 0 Å². The molecule has 1 aliphatic carbocycles. The number of hydrogen-bond donors (Lipinski definition) is 2. The van der Waals surface area contributed by atoms with Crippen molar-refractivity contribution in [3.8, 4) is 0 Å². The number of aryl methyl sites for hydroxylation is 1. The lowest BCUT2D eigenvalue weighted by atomic mass is 9.88. The molecule has 6 heteroatoms. The molecule has 0 radical (unpaired) electrons. The largest absolute Gasteiger partial charge is 0.480 e. The van der Waals surface area contributed by atoms with Crippen molar-refractivity contribution in [1.82, 2.24) is 10.5 Å². The topological polar surface area (TPSA) is 92.4 Å². The van der Waals surface area contributed by atoms with Crippen LogP contribution in [0.4, 0.5) is 0 Å². The van der Waals surface area contributed by atoms with Crippen LogP contribution in [0.1, 0.15) is 74.7 Å². The number of carbonyl (C=O) groups is 2. The van der Waals surface area contributed by atoms with Crippen LogP contribution in [-0.2, 0) is 17.6 Å². The number of nitrogens with zero attached hydrogens (tertiary/aromatic N) is 1. The Bertz CT molecular complexity index is 572. The minimum absolute atomic E-state index is 0.0173. The first-order chi connectivity index (χ1) is 10.8. The molecule has 2 rings (SSSR count). The zero-order valence-electron chi connectivity index (χ0n) is 14.1. The number of aliphatic carboxylic acids is 1. The quantitative estimate of drug-likeness (QED) is 0.813. The van der Waals surface area contributed by atoms with Gasteiger partial charge < -0.3 is 14.9 Å². The molecule has 128 valence electrons. The number of carboxylic acids is 1. The van der Waals surface area contributed by atoms with Crippen LogP contribution >= 0.6 is 0 Å². The van der Waals surface area contributed by atoms with E-state index in [2.05, 4.69) is 10.5 Å². The van der Waals surface area contributed by atoms with Crippen LogP contribution in [0.5, 0.6) is 0 Å². The third-order valence-electron chi connectivity index (χ3n) is 4.20. The first-order valence-electron chi connectivity index (χ1n) is 8.29. The van der Waals surface area contributed by atoms with Crippen molar-refractivity contribution in [2.75, 3.05) is 0 Å². The molecule has 6 nitrogen and oxygen atoms in total. The summed E-state index contributed by atoms with van der Waals surface area (Å²) in [5, 5.41) is 15.8. The van der Waals surface area contributed by atoms with Gasteiger partial charge in [0.15, 0.2) is 5.69 Å². The average molecular weight is 322 g/mol. The second-order valence-corrected chi connectivity index (χ2v) is 7.46. The van der Waals surface area contributed by atoms with Crippen molar-refractivity contribution in [1.29, 1.82) is 0 Å². The molecule has 23 heavy (non-hydrogen) atoms. The van der Waals surface area contributed by atoms with Gasteiger partial charge in [-0.25, -0.2) is 4.79 Å². The number of carboxylic acid groups (broad SMARTS) is 1. The van der Waals surface area contributed by atoms with Gasteiger partial charge in [0.1, 0.15) is 11.8 Å². The molecule has 0 spiro atoms. The Labute approximate surface area is 136 Å².